The van der Waals surface area contributed by atoms with Crippen LogP contribution >= 0.6 is 0 Å². The van der Waals surface area contributed by atoms with E-state index in [0.717, 1.165) is 12.8 Å². The van der Waals surface area contributed by atoms with E-state index >= 15 is 0 Å². The van der Waals surface area contributed by atoms with Gasteiger partial charge in [0.25, 0.3) is 0 Å². The van der Waals surface area contributed by atoms with E-state index in [9.17, 15) is 14.4 Å². The van der Waals surface area contributed by atoms with Crippen molar-refractivity contribution >= 4 is 17.7 Å². The van der Waals surface area contributed by atoms with E-state index in [-0.39, 0.29) is 17.1 Å². The number of hydrogen-bond acceptors (Lipinski definition) is 4. The number of amides is 3. The number of rotatable bonds is 1. The fourth-order valence-electron chi connectivity index (χ4n) is 2.88. The summed E-state index contributed by atoms with van der Waals surface area (Å²) in [6.45, 7) is 9.49. The molecular weight excluding hydrogens is 260 g/mol. The van der Waals surface area contributed by atoms with E-state index in [2.05, 4.69) is 43.8 Å². The van der Waals surface area contributed by atoms with Gasteiger partial charge in [-0.3, -0.25) is 25.2 Å². The van der Waals surface area contributed by atoms with Crippen molar-refractivity contribution in [1.29, 1.82) is 0 Å². The van der Waals surface area contributed by atoms with Crippen LogP contribution in [0.15, 0.2) is 0 Å². The maximum absolute atomic E-state index is 11.8. The summed E-state index contributed by atoms with van der Waals surface area (Å²) in [4.78, 5) is 33.9. The quantitative estimate of drug-likeness (QED) is 0.388. The molecule has 0 unspecified atom stereocenters. The number of piperidine rings is 1. The first kappa shape index (κ1) is 16.4. The Hall–Kier alpha value is -1.63. The van der Waals surface area contributed by atoms with Gasteiger partial charge in [0.05, 0.1) is 0 Å². The minimum atomic E-state index is -0.866. The van der Waals surface area contributed by atoms with Gasteiger partial charge in [-0.1, -0.05) is 0 Å². The molecule has 0 aromatic rings. The Labute approximate surface area is 119 Å². The molecule has 0 aliphatic carbocycles. The lowest BCUT2D eigenvalue weighted by atomic mass is 9.79. The Kier molecular flexibility index (Phi) is 4.75. The second-order valence-corrected chi connectivity index (χ2v) is 6.61. The summed E-state index contributed by atoms with van der Waals surface area (Å²) in [5.74, 6) is -2.04. The van der Waals surface area contributed by atoms with Crippen LogP contribution in [0.3, 0.4) is 0 Å². The van der Waals surface area contributed by atoms with Gasteiger partial charge in [-0.2, -0.15) is 0 Å². The molecule has 1 aliphatic heterocycles. The molecule has 7 nitrogen and oxygen atoms in total. The molecule has 4 N–H and O–H groups in total. The Balaban J connectivity index is 2.57. The third kappa shape index (κ3) is 5.16. The van der Waals surface area contributed by atoms with Crippen LogP contribution in [0.2, 0.25) is 0 Å². The van der Waals surface area contributed by atoms with Gasteiger partial charge in [-0.15, -0.1) is 0 Å². The van der Waals surface area contributed by atoms with E-state index < -0.39 is 17.7 Å². The van der Waals surface area contributed by atoms with Crippen LogP contribution in [-0.4, -0.2) is 34.8 Å². The molecule has 1 rings (SSSR count). The molecule has 7 heteroatoms. The topological polar surface area (TPSA) is 99.3 Å². The minimum Gasteiger partial charge on any atom is -0.345 e. The average molecular weight is 284 g/mol. The molecule has 1 saturated heterocycles. The molecule has 3 amide bonds. The van der Waals surface area contributed by atoms with E-state index in [1.54, 1.807) is 0 Å². The zero-order chi connectivity index (χ0) is 15.6. The summed E-state index contributed by atoms with van der Waals surface area (Å²) in [5, 5.41) is 6.21. The van der Waals surface area contributed by atoms with Gasteiger partial charge in [-0.25, -0.2) is 0 Å². The van der Waals surface area contributed by atoms with Crippen molar-refractivity contribution in [3.05, 3.63) is 0 Å². The van der Waals surface area contributed by atoms with E-state index in [0.29, 0.717) is 0 Å². The largest absolute Gasteiger partial charge is 0.345 e. The van der Waals surface area contributed by atoms with E-state index in [1.165, 1.54) is 6.92 Å². The standard InChI is InChI=1S/C13H24N4O3/c1-8(18)15-16-11(20)10(19)14-9-6-12(2,3)17-13(4,5)7-9/h9,17H,6-7H2,1-5H3,(H,14,19)(H,15,18)(H,16,20). The first-order chi connectivity index (χ1) is 9.01. The van der Waals surface area contributed by atoms with Crippen LogP contribution < -0.4 is 21.5 Å². The summed E-state index contributed by atoms with van der Waals surface area (Å²) >= 11 is 0. The maximum Gasteiger partial charge on any atom is 0.327 e. The zero-order valence-electron chi connectivity index (χ0n) is 12.7. The summed E-state index contributed by atoms with van der Waals surface area (Å²) < 4.78 is 0. The van der Waals surface area contributed by atoms with Crippen molar-refractivity contribution in [2.45, 2.75) is 64.6 Å². The summed E-state index contributed by atoms with van der Waals surface area (Å²) in [6, 6.07) is -0.0863. The normalized spacial score (nSPS) is 20.9. The highest BCUT2D eigenvalue weighted by Crippen LogP contribution is 2.28. The van der Waals surface area contributed by atoms with Gasteiger partial charge in [0, 0.05) is 24.0 Å². The molecule has 20 heavy (non-hydrogen) atoms. The molecule has 0 bridgehead atoms. The smallest absolute Gasteiger partial charge is 0.327 e. The summed E-state index contributed by atoms with van der Waals surface area (Å²) in [6.07, 6.45) is 1.46. The van der Waals surface area contributed by atoms with Crippen molar-refractivity contribution in [2.24, 2.45) is 0 Å². The highest BCUT2D eigenvalue weighted by atomic mass is 16.2. The number of nitrogens with one attached hydrogen (secondary N) is 4. The monoisotopic (exact) mass is 284 g/mol. The number of carbonyl (C=O) groups excluding carboxylic acids is 3. The average Bonchev–Trinajstić information content (AvgIpc) is 2.20. The van der Waals surface area contributed by atoms with Crippen LogP contribution in [0.5, 0.6) is 0 Å². The third-order valence-corrected chi connectivity index (χ3v) is 3.08. The number of hydrazine groups is 1. The predicted molar refractivity (Wildman–Crippen MR) is 74.4 cm³/mol. The number of hydrogen-bond donors (Lipinski definition) is 4. The third-order valence-electron chi connectivity index (χ3n) is 3.08. The Morgan fingerprint density at radius 1 is 0.950 bits per heavy atom. The first-order valence-electron chi connectivity index (χ1n) is 6.67. The SMILES string of the molecule is CC(=O)NNC(=O)C(=O)NC1CC(C)(C)NC(C)(C)C1. The summed E-state index contributed by atoms with van der Waals surface area (Å²) in [7, 11) is 0. The molecule has 0 spiro atoms. The molecule has 0 atom stereocenters. The molecule has 1 fully saturated rings. The van der Waals surface area contributed by atoms with Crippen LogP contribution in [0.1, 0.15) is 47.5 Å². The van der Waals surface area contributed by atoms with Crippen molar-refractivity contribution < 1.29 is 14.4 Å². The Morgan fingerprint density at radius 3 is 1.90 bits per heavy atom. The lowest BCUT2D eigenvalue weighted by Crippen LogP contribution is -2.63. The van der Waals surface area contributed by atoms with Gasteiger partial charge in [0.2, 0.25) is 5.91 Å². The van der Waals surface area contributed by atoms with Crippen LogP contribution in [0.25, 0.3) is 0 Å². The van der Waals surface area contributed by atoms with Crippen LogP contribution in [-0.2, 0) is 14.4 Å². The molecule has 1 aliphatic rings. The van der Waals surface area contributed by atoms with Crippen molar-refractivity contribution in [3.63, 3.8) is 0 Å². The lowest BCUT2D eigenvalue weighted by Gasteiger charge is -2.46. The van der Waals surface area contributed by atoms with E-state index in [4.69, 9.17) is 0 Å². The molecule has 1 heterocycles. The molecular formula is C13H24N4O3. The zero-order valence-corrected chi connectivity index (χ0v) is 12.7. The van der Waals surface area contributed by atoms with Crippen molar-refractivity contribution in [3.8, 4) is 0 Å². The molecule has 114 valence electrons. The fourth-order valence-corrected chi connectivity index (χ4v) is 2.88. The van der Waals surface area contributed by atoms with Gasteiger partial charge in [-0.05, 0) is 40.5 Å². The molecule has 0 aromatic carbocycles. The Morgan fingerprint density at radius 2 is 1.45 bits per heavy atom. The molecule has 0 radical (unpaired) electrons. The van der Waals surface area contributed by atoms with Crippen LogP contribution in [0, 0.1) is 0 Å². The highest BCUT2D eigenvalue weighted by molar-refractivity contribution is 6.35. The lowest BCUT2D eigenvalue weighted by molar-refractivity contribution is -0.141. The van der Waals surface area contributed by atoms with Gasteiger partial charge in [0.15, 0.2) is 0 Å². The van der Waals surface area contributed by atoms with Crippen molar-refractivity contribution in [1.82, 2.24) is 21.5 Å². The van der Waals surface area contributed by atoms with Gasteiger partial charge < -0.3 is 10.6 Å². The van der Waals surface area contributed by atoms with Gasteiger partial charge in [0.1, 0.15) is 0 Å². The second kappa shape index (κ2) is 5.78. The second-order valence-electron chi connectivity index (χ2n) is 6.61. The fraction of sp³-hybridized carbons (Fsp3) is 0.769. The molecule has 0 saturated carbocycles. The van der Waals surface area contributed by atoms with Crippen molar-refractivity contribution in [2.75, 3.05) is 0 Å². The maximum atomic E-state index is 11.8. The predicted octanol–water partition coefficient (Wildman–Crippen LogP) is -0.421. The van der Waals surface area contributed by atoms with Gasteiger partial charge >= 0.3 is 11.8 Å². The Bertz CT molecular complexity index is 402. The van der Waals surface area contributed by atoms with E-state index in [1.807, 2.05) is 5.43 Å². The van der Waals surface area contributed by atoms with Crippen LogP contribution in [0.4, 0.5) is 0 Å². The number of carbonyl (C=O) groups is 3. The molecule has 0 aromatic heterocycles. The highest BCUT2D eigenvalue weighted by Gasteiger charge is 2.38. The minimum absolute atomic E-state index is 0.0863. The first-order valence-corrected chi connectivity index (χ1v) is 6.67. The summed E-state index contributed by atoms with van der Waals surface area (Å²) in [5.41, 5.74) is 3.90.